The molecule has 25 heavy (non-hydrogen) atoms. The molecule has 2 aromatic rings. The zero-order valence-electron chi connectivity index (χ0n) is 14.1. The SMILES string of the molecule is Cc1ccc(Cl)cc1NC(=O)COc1ccc(N(C)S(C)(=O)=O)cc1. The van der Waals surface area contributed by atoms with Gasteiger partial charge in [-0.2, -0.15) is 0 Å². The van der Waals surface area contributed by atoms with Crippen LogP contribution in [0.3, 0.4) is 0 Å². The van der Waals surface area contributed by atoms with Crippen molar-refractivity contribution in [2.75, 3.05) is 29.5 Å². The summed E-state index contributed by atoms with van der Waals surface area (Å²) in [5.41, 5.74) is 2.03. The summed E-state index contributed by atoms with van der Waals surface area (Å²) in [5, 5.41) is 3.27. The number of carbonyl (C=O) groups is 1. The van der Waals surface area contributed by atoms with Crippen LogP contribution >= 0.6 is 11.6 Å². The van der Waals surface area contributed by atoms with Gasteiger partial charge in [-0.05, 0) is 48.9 Å². The Kier molecular flexibility index (Phi) is 5.92. The largest absolute Gasteiger partial charge is 0.484 e. The van der Waals surface area contributed by atoms with Crippen molar-refractivity contribution in [3.05, 3.63) is 53.1 Å². The summed E-state index contributed by atoms with van der Waals surface area (Å²) in [7, 11) is -1.85. The summed E-state index contributed by atoms with van der Waals surface area (Å²) in [4.78, 5) is 12.0. The minimum absolute atomic E-state index is 0.173. The van der Waals surface area contributed by atoms with Crippen LogP contribution < -0.4 is 14.4 Å². The number of benzene rings is 2. The number of ether oxygens (including phenoxy) is 1. The van der Waals surface area contributed by atoms with Gasteiger partial charge in [0.2, 0.25) is 10.0 Å². The van der Waals surface area contributed by atoms with Gasteiger partial charge < -0.3 is 10.1 Å². The summed E-state index contributed by atoms with van der Waals surface area (Å²) in [6.45, 7) is 1.69. The van der Waals surface area contributed by atoms with Crippen LogP contribution in [0.25, 0.3) is 0 Å². The number of hydrogen-bond donors (Lipinski definition) is 1. The Morgan fingerprint density at radius 2 is 1.84 bits per heavy atom. The Bertz CT molecular complexity index is 867. The van der Waals surface area contributed by atoms with Gasteiger partial charge in [0.05, 0.1) is 11.9 Å². The number of carbonyl (C=O) groups excluding carboxylic acids is 1. The second-order valence-electron chi connectivity index (χ2n) is 5.52. The lowest BCUT2D eigenvalue weighted by molar-refractivity contribution is -0.118. The molecule has 134 valence electrons. The molecule has 0 radical (unpaired) electrons. The number of nitrogens with one attached hydrogen (secondary N) is 1. The number of aryl methyl sites for hydroxylation is 1. The number of rotatable bonds is 6. The maximum absolute atomic E-state index is 12.0. The molecule has 0 saturated carbocycles. The molecule has 0 atom stereocenters. The van der Waals surface area contributed by atoms with Gasteiger partial charge in [0.1, 0.15) is 5.75 Å². The third-order valence-corrected chi connectivity index (χ3v) is 4.98. The van der Waals surface area contributed by atoms with Gasteiger partial charge >= 0.3 is 0 Å². The molecule has 1 amide bonds. The second-order valence-corrected chi connectivity index (χ2v) is 7.97. The van der Waals surface area contributed by atoms with Gasteiger partial charge in [-0.25, -0.2) is 8.42 Å². The molecule has 0 heterocycles. The average molecular weight is 383 g/mol. The summed E-state index contributed by atoms with van der Waals surface area (Å²) in [6.07, 6.45) is 1.12. The van der Waals surface area contributed by atoms with E-state index >= 15 is 0 Å². The van der Waals surface area contributed by atoms with Gasteiger partial charge in [0.15, 0.2) is 6.61 Å². The molecular weight excluding hydrogens is 364 g/mol. The summed E-state index contributed by atoms with van der Waals surface area (Å²) >= 11 is 5.92. The third-order valence-electron chi connectivity index (χ3n) is 3.54. The van der Waals surface area contributed by atoms with Crippen LogP contribution in [0.4, 0.5) is 11.4 Å². The minimum atomic E-state index is -3.32. The highest BCUT2D eigenvalue weighted by atomic mass is 35.5. The average Bonchev–Trinajstić information content (AvgIpc) is 2.55. The predicted molar refractivity (Wildman–Crippen MR) is 100 cm³/mol. The van der Waals surface area contributed by atoms with E-state index in [2.05, 4.69) is 5.32 Å². The molecule has 0 bridgehead atoms. The Hall–Kier alpha value is -2.25. The summed E-state index contributed by atoms with van der Waals surface area (Å²) in [6, 6.07) is 11.7. The monoisotopic (exact) mass is 382 g/mol. The highest BCUT2D eigenvalue weighted by molar-refractivity contribution is 7.92. The van der Waals surface area contributed by atoms with Crippen molar-refractivity contribution >= 4 is 38.9 Å². The quantitative estimate of drug-likeness (QED) is 0.833. The van der Waals surface area contributed by atoms with Gasteiger partial charge in [-0.15, -0.1) is 0 Å². The fourth-order valence-corrected chi connectivity index (χ4v) is 2.68. The smallest absolute Gasteiger partial charge is 0.262 e. The number of halogens is 1. The molecule has 0 saturated heterocycles. The molecule has 0 aliphatic carbocycles. The maximum Gasteiger partial charge on any atom is 0.262 e. The Morgan fingerprint density at radius 3 is 2.44 bits per heavy atom. The number of sulfonamides is 1. The van der Waals surface area contributed by atoms with E-state index in [0.29, 0.717) is 22.1 Å². The molecule has 8 heteroatoms. The number of nitrogens with zero attached hydrogens (tertiary/aromatic N) is 1. The lowest BCUT2D eigenvalue weighted by Crippen LogP contribution is -2.24. The van der Waals surface area contributed by atoms with E-state index in [9.17, 15) is 13.2 Å². The molecule has 2 aromatic carbocycles. The first kappa shape index (κ1) is 19.1. The van der Waals surface area contributed by atoms with Gasteiger partial charge in [-0.1, -0.05) is 17.7 Å². The van der Waals surface area contributed by atoms with E-state index in [1.165, 1.54) is 7.05 Å². The van der Waals surface area contributed by atoms with Crippen molar-refractivity contribution in [1.82, 2.24) is 0 Å². The fraction of sp³-hybridized carbons (Fsp3) is 0.235. The molecular formula is C17H19ClN2O4S. The standard InChI is InChI=1S/C17H19ClN2O4S/c1-12-4-5-13(18)10-16(12)19-17(21)11-24-15-8-6-14(7-9-15)20(2)25(3,22)23/h4-10H,11H2,1-3H3,(H,19,21). The molecule has 6 nitrogen and oxygen atoms in total. The Balaban J connectivity index is 1.95. The zero-order chi connectivity index (χ0) is 18.6. The van der Waals surface area contributed by atoms with E-state index in [0.717, 1.165) is 16.1 Å². The van der Waals surface area contributed by atoms with Crippen molar-refractivity contribution < 1.29 is 17.9 Å². The second kappa shape index (κ2) is 7.76. The lowest BCUT2D eigenvalue weighted by atomic mass is 10.2. The number of amides is 1. The van der Waals surface area contributed by atoms with Crippen molar-refractivity contribution in [2.45, 2.75) is 6.92 Å². The third kappa shape index (κ3) is 5.37. The zero-order valence-corrected chi connectivity index (χ0v) is 15.7. The first-order valence-electron chi connectivity index (χ1n) is 7.39. The predicted octanol–water partition coefficient (Wildman–Crippen LogP) is 3.06. The van der Waals surface area contributed by atoms with E-state index in [4.69, 9.17) is 16.3 Å². The van der Waals surface area contributed by atoms with Crippen LogP contribution in [-0.4, -0.2) is 34.2 Å². The first-order chi connectivity index (χ1) is 11.7. The molecule has 0 unspecified atom stereocenters. The molecule has 1 N–H and O–H groups in total. The first-order valence-corrected chi connectivity index (χ1v) is 9.62. The van der Waals surface area contributed by atoms with Crippen LogP contribution in [0, 0.1) is 6.92 Å². The molecule has 0 aliphatic rings. The van der Waals surface area contributed by atoms with Gasteiger partial charge in [0.25, 0.3) is 5.91 Å². The highest BCUT2D eigenvalue weighted by Crippen LogP contribution is 2.21. The van der Waals surface area contributed by atoms with Crippen LogP contribution in [0.2, 0.25) is 5.02 Å². The Morgan fingerprint density at radius 1 is 1.20 bits per heavy atom. The number of anilines is 2. The molecule has 0 fully saturated rings. The minimum Gasteiger partial charge on any atom is -0.484 e. The molecule has 0 aliphatic heterocycles. The normalized spacial score (nSPS) is 11.0. The van der Waals surface area contributed by atoms with Crippen molar-refractivity contribution in [2.24, 2.45) is 0 Å². The van der Waals surface area contributed by atoms with Crippen molar-refractivity contribution in [3.8, 4) is 5.75 Å². The van der Waals surface area contributed by atoms with E-state index in [-0.39, 0.29) is 12.5 Å². The van der Waals surface area contributed by atoms with Crippen LogP contribution in [-0.2, 0) is 14.8 Å². The maximum atomic E-state index is 12.0. The Labute approximate surface area is 152 Å². The van der Waals surface area contributed by atoms with E-state index < -0.39 is 10.0 Å². The molecule has 0 aromatic heterocycles. The van der Waals surface area contributed by atoms with Crippen molar-refractivity contribution in [1.29, 1.82) is 0 Å². The molecule has 2 rings (SSSR count). The lowest BCUT2D eigenvalue weighted by Gasteiger charge is -2.16. The molecule has 0 spiro atoms. The topological polar surface area (TPSA) is 75.7 Å². The van der Waals surface area contributed by atoms with Gasteiger partial charge in [0, 0.05) is 17.8 Å². The van der Waals surface area contributed by atoms with E-state index in [1.807, 2.05) is 13.0 Å². The summed E-state index contributed by atoms with van der Waals surface area (Å²) in [5.74, 6) is 0.145. The van der Waals surface area contributed by atoms with Crippen LogP contribution in [0.15, 0.2) is 42.5 Å². The van der Waals surface area contributed by atoms with Crippen molar-refractivity contribution in [3.63, 3.8) is 0 Å². The van der Waals surface area contributed by atoms with E-state index in [1.54, 1.807) is 36.4 Å². The highest BCUT2D eigenvalue weighted by Gasteiger charge is 2.12. The van der Waals surface area contributed by atoms with Crippen LogP contribution in [0.1, 0.15) is 5.56 Å². The fourth-order valence-electron chi connectivity index (χ4n) is 2.01. The van der Waals surface area contributed by atoms with Gasteiger partial charge in [-0.3, -0.25) is 9.10 Å². The van der Waals surface area contributed by atoms with Crippen LogP contribution in [0.5, 0.6) is 5.75 Å². The summed E-state index contributed by atoms with van der Waals surface area (Å²) < 4.78 is 29.6. The number of hydrogen-bond acceptors (Lipinski definition) is 4.